The largest absolute Gasteiger partial charge is 0.376 e. The summed E-state index contributed by atoms with van der Waals surface area (Å²) in [5.74, 6) is -1.17. The molecule has 2 atom stereocenters. The second kappa shape index (κ2) is 7.79. The highest BCUT2D eigenvalue weighted by molar-refractivity contribution is 6.35. The molecule has 0 radical (unpaired) electrons. The van der Waals surface area contributed by atoms with E-state index in [4.69, 9.17) is 4.74 Å². The Morgan fingerprint density at radius 3 is 2.71 bits per heavy atom. The van der Waals surface area contributed by atoms with Crippen molar-refractivity contribution >= 4 is 11.8 Å². The summed E-state index contributed by atoms with van der Waals surface area (Å²) in [7, 11) is 0. The Hall–Kier alpha value is -1.88. The van der Waals surface area contributed by atoms with E-state index in [1.165, 1.54) is 24.0 Å². The van der Waals surface area contributed by atoms with E-state index in [1.807, 2.05) is 6.92 Å². The van der Waals surface area contributed by atoms with Crippen LogP contribution >= 0.6 is 0 Å². The molecule has 2 amide bonds. The van der Waals surface area contributed by atoms with E-state index < -0.39 is 11.8 Å². The third-order valence-electron chi connectivity index (χ3n) is 4.94. The summed E-state index contributed by atoms with van der Waals surface area (Å²) in [6, 6.07) is 6.20. The first-order chi connectivity index (χ1) is 11.6. The Balaban J connectivity index is 1.52. The number of hydrogen-bond acceptors (Lipinski definition) is 3. The summed E-state index contributed by atoms with van der Waals surface area (Å²) in [6.07, 6.45) is 6.72. The van der Waals surface area contributed by atoms with Crippen molar-refractivity contribution < 1.29 is 14.3 Å². The number of nitrogens with one attached hydrogen (secondary N) is 2. The predicted octanol–water partition coefficient (Wildman–Crippen LogP) is 2.04. The number of aryl methyl sites for hydroxylation is 2. The van der Waals surface area contributed by atoms with Crippen LogP contribution < -0.4 is 10.6 Å². The van der Waals surface area contributed by atoms with Gasteiger partial charge in [0.2, 0.25) is 0 Å². The predicted molar refractivity (Wildman–Crippen MR) is 91.6 cm³/mol. The maximum atomic E-state index is 12.1. The molecule has 24 heavy (non-hydrogen) atoms. The fraction of sp³-hybridized carbons (Fsp3) is 0.579. The average Bonchev–Trinajstić information content (AvgIpc) is 3.12. The topological polar surface area (TPSA) is 67.4 Å². The first kappa shape index (κ1) is 17.0. The van der Waals surface area contributed by atoms with Crippen LogP contribution in [0.4, 0.5) is 0 Å². The maximum absolute atomic E-state index is 12.1. The molecular formula is C19H26N2O3. The molecule has 5 heteroatoms. The number of benzene rings is 1. The molecule has 0 aromatic heterocycles. The van der Waals surface area contributed by atoms with E-state index in [0.29, 0.717) is 6.54 Å². The third-order valence-corrected chi connectivity index (χ3v) is 4.94. The lowest BCUT2D eigenvalue weighted by molar-refractivity contribution is -0.139. The smallest absolute Gasteiger partial charge is 0.309 e. The molecule has 130 valence electrons. The van der Waals surface area contributed by atoms with Gasteiger partial charge in [-0.25, -0.2) is 0 Å². The SMILES string of the molecule is CC(NC(=O)C(=O)NCC1CCCO1)c1ccc2c(c1)CCCC2. The number of rotatable bonds is 4. The van der Waals surface area contributed by atoms with Crippen LogP contribution in [0.3, 0.4) is 0 Å². The highest BCUT2D eigenvalue weighted by Gasteiger charge is 2.21. The van der Waals surface area contributed by atoms with Gasteiger partial charge < -0.3 is 15.4 Å². The first-order valence-electron chi connectivity index (χ1n) is 8.95. The van der Waals surface area contributed by atoms with Gasteiger partial charge in [-0.05, 0) is 62.1 Å². The van der Waals surface area contributed by atoms with Crippen molar-refractivity contribution in [3.8, 4) is 0 Å². The van der Waals surface area contributed by atoms with Gasteiger partial charge in [0.05, 0.1) is 12.1 Å². The molecular weight excluding hydrogens is 304 g/mol. The zero-order valence-electron chi connectivity index (χ0n) is 14.3. The molecule has 2 unspecified atom stereocenters. The molecule has 0 spiro atoms. The van der Waals surface area contributed by atoms with Crippen molar-refractivity contribution in [2.75, 3.05) is 13.2 Å². The number of carbonyl (C=O) groups is 2. The lowest BCUT2D eigenvalue weighted by Gasteiger charge is -2.20. The van der Waals surface area contributed by atoms with Gasteiger partial charge in [-0.3, -0.25) is 9.59 Å². The van der Waals surface area contributed by atoms with E-state index in [-0.39, 0.29) is 12.1 Å². The van der Waals surface area contributed by atoms with E-state index in [2.05, 4.69) is 28.8 Å². The summed E-state index contributed by atoms with van der Waals surface area (Å²) in [5.41, 5.74) is 3.84. The van der Waals surface area contributed by atoms with Crippen molar-refractivity contribution in [1.29, 1.82) is 0 Å². The standard InChI is InChI=1S/C19H26N2O3/c1-13(15-9-8-14-5-2-3-6-16(14)11-15)21-19(23)18(22)20-12-17-7-4-10-24-17/h8-9,11,13,17H,2-7,10,12H2,1H3,(H,20,22)(H,21,23). The summed E-state index contributed by atoms with van der Waals surface area (Å²) in [4.78, 5) is 24.0. The fourth-order valence-corrected chi connectivity index (χ4v) is 3.46. The average molecular weight is 330 g/mol. The zero-order chi connectivity index (χ0) is 16.9. The van der Waals surface area contributed by atoms with Crippen LogP contribution in [0.25, 0.3) is 0 Å². The van der Waals surface area contributed by atoms with E-state index in [1.54, 1.807) is 0 Å². The summed E-state index contributed by atoms with van der Waals surface area (Å²) >= 11 is 0. The van der Waals surface area contributed by atoms with Gasteiger partial charge in [-0.1, -0.05) is 18.2 Å². The Kier molecular flexibility index (Phi) is 5.51. The monoisotopic (exact) mass is 330 g/mol. The van der Waals surface area contributed by atoms with Gasteiger partial charge in [-0.2, -0.15) is 0 Å². The summed E-state index contributed by atoms with van der Waals surface area (Å²) in [6.45, 7) is 3.05. The van der Waals surface area contributed by atoms with Crippen LogP contribution in [0.1, 0.15) is 55.3 Å². The summed E-state index contributed by atoms with van der Waals surface area (Å²) in [5, 5.41) is 5.44. The molecule has 0 bridgehead atoms. The van der Waals surface area contributed by atoms with Crippen molar-refractivity contribution in [3.05, 3.63) is 34.9 Å². The summed E-state index contributed by atoms with van der Waals surface area (Å²) < 4.78 is 5.44. The quantitative estimate of drug-likeness (QED) is 0.830. The Morgan fingerprint density at radius 1 is 1.17 bits per heavy atom. The van der Waals surface area contributed by atoms with Gasteiger partial charge in [0.15, 0.2) is 0 Å². The van der Waals surface area contributed by atoms with Crippen LogP contribution in [-0.2, 0) is 27.2 Å². The van der Waals surface area contributed by atoms with Crippen LogP contribution in [0, 0.1) is 0 Å². The minimum Gasteiger partial charge on any atom is -0.376 e. The molecule has 3 rings (SSSR count). The van der Waals surface area contributed by atoms with Crippen molar-refractivity contribution in [1.82, 2.24) is 10.6 Å². The Bertz CT molecular complexity index is 609. The van der Waals surface area contributed by atoms with Crippen LogP contribution in [0.2, 0.25) is 0 Å². The van der Waals surface area contributed by atoms with Crippen molar-refractivity contribution in [2.24, 2.45) is 0 Å². The lowest BCUT2D eigenvalue weighted by atomic mass is 9.89. The molecule has 2 N–H and O–H groups in total. The number of hydrogen-bond donors (Lipinski definition) is 2. The van der Waals surface area contributed by atoms with Crippen molar-refractivity contribution in [2.45, 2.75) is 57.6 Å². The Labute approximate surface area is 143 Å². The van der Waals surface area contributed by atoms with Gasteiger partial charge in [0.25, 0.3) is 0 Å². The molecule has 1 aliphatic heterocycles. The molecule has 1 aromatic carbocycles. The van der Waals surface area contributed by atoms with Gasteiger partial charge in [0.1, 0.15) is 0 Å². The molecule has 1 heterocycles. The molecule has 2 aliphatic rings. The second-order valence-electron chi connectivity index (χ2n) is 6.78. The van der Waals surface area contributed by atoms with Crippen LogP contribution in [0.15, 0.2) is 18.2 Å². The van der Waals surface area contributed by atoms with E-state index in [0.717, 1.165) is 37.9 Å². The fourth-order valence-electron chi connectivity index (χ4n) is 3.46. The van der Waals surface area contributed by atoms with E-state index >= 15 is 0 Å². The molecule has 1 fully saturated rings. The minimum atomic E-state index is -0.588. The first-order valence-corrected chi connectivity index (χ1v) is 8.95. The van der Waals surface area contributed by atoms with Crippen LogP contribution in [-0.4, -0.2) is 31.1 Å². The molecule has 1 aliphatic carbocycles. The number of ether oxygens (including phenoxy) is 1. The van der Waals surface area contributed by atoms with Gasteiger partial charge >= 0.3 is 11.8 Å². The highest BCUT2D eigenvalue weighted by atomic mass is 16.5. The Morgan fingerprint density at radius 2 is 1.96 bits per heavy atom. The molecule has 1 aromatic rings. The zero-order valence-corrected chi connectivity index (χ0v) is 14.3. The van der Waals surface area contributed by atoms with Crippen LogP contribution in [0.5, 0.6) is 0 Å². The lowest BCUT2D eigenvalue weighted by Crippen LogP contribution is -2.43. The molecule has 5 nitrogen and oxygen atoms in total. The number of amides is 2. The second-order valence-corrected chi connectivity index (χ2v) is 6.78. The highest BCUT2D eigenvalue weighted by Crippen LogP contribution is 2.24. The number of carbonyl (C=O) groups excluding carboxylic acids is 2. The maximum Gasteiger partial charge on any atom is 0.309 e. The van der Waals surface area contributed by atoms with Gasteiger partial charge in [0, 0.05) is 13.2 Å². The minimum absolute atomic E-state index is 0.0415. The van der Waals surface area contributed by atoms with Gasteiger partial charge in [-0.15, -0.1) is 0 Å². The normalized spacial score (nSPS) is 21.0. The molecule has 1 saturated heterocycles. The molecule has 0 saturated carbocycles. The van der Waals surface area contributed by atoms with E-state index in [9.17, 15) is 9.59 Å². The third kappa shape index (κ3) is 4.15. The van der Waals surface area contributed by atoms with Crippen molar-refractivity contribution in [3.63, 3.8) is 0 Å². The number of fused-ring (bicyclic) bond motifs is 1.